The Morgan fingerprint density at radius 1 is 1.50 bits per heavy atom. The molecule has 0 bridgehead atoms. The summed E-state index contributed by atoms with van der Waals surface area (Å²) in [5, 5.41) is 8.83. The van der Waals surface area contributed by atoms with E-state index in [-0.39, 0.29) is 5.92 Å². The number of unbranched alkanes of at least 4 members (excludes halogenated alkanes) is 1. The number of hydrogen-bond acceptors (Lipinski definition) is 3. The van der Waals surface area contributed by atoms with Crippen LogP contribution in [-0.2, 0) is 9.53 Å². The normalized spacial score (nSPS) is 19.4. The standard InChI is InChI=1S/C12H23NO3/c1-3-4-6-16-7-5-13-8-11(9-13)10(2)12(14)15/h10-11H,3-9H2,1-2H3,(H,14,15). The van der Waals surface area contributed by atoms with Gasteiger partial charge in [0.25, 0.3) is 0 Å². The van der Waals surface area contributed by atoms with Gasteiger partial charge in [-0.05, 0) is 12.3 Å². The maximum absolute atomic E-state index is 10.7. The van der Waals surface area contributed by atoms with Crippen LogP contribution in [0.1, 0.15) is 26.7 Å². The fraction of sp³-hybridized carbons (Fsp3) is 0.917. The van der Waals surface area contributed by atoms with Gasteiger partial charge in [-0.3, -0.25) is 4.79 Å². The van der Waals surface area contributed by atoms with Gasteiger partial charge in [-0.1, -0.05) is 20.3 Å². The van der Waals surface area contributed by atoms with Crippen molar-refractivity contribution in [3.05, 3.63) is 0 Å². The molecule has 0 aliphatic carbocycles. The second-order valence-corrected chi connectivity index (χ2v) is 4.61. The molecule has 0 aromatic heterocycles. The van der Waals surface area contributed by atoms with Crippen LogP contribution in [0.25, 0.3) is 0 Å². The molecule has 0 saturated carbocycles. The molecule has 1 unspecified atom stereocenters. The van der Waals surface area contributed by atoms with Crippen molar-refractivity contribution in [3.8, 4) is 0 Å². The molecule has 4 heteroatoms. The predicted octanol–water partition coefficient (Wildman–Crippen LogP) is 1.46. The van der Waals surface area contributed by atoms with Crippen molar-refractivity contribution in [1.29, 1.82) is 0 Å². The number of carboxylic acid groups (broad SMARTS) is 1. The van der Waals surface area contributed by atoms with Crippen LogP contribution in [0.5, 0.6) is 0 Å². The van der Waals surface area contributed by atoms with Crippen LogP contribution < -0.4 is 0 Å². The first-order chi connectivity index (χ1) is 7.65. The number of rotatable bonds is 8. The van der Waals surface area contributed by atoms with Crippen molar-refractivity contribution in [2.24, 2.45) is 11.8 Å². The molecule has 4 nitrogen and oxygen atoms in total. The predicted molar refractivity (Wildman–Crippen MR) is 62.5 cm³/mol. The van der Waals surface area contributed by atoms with Crippen molar-refractivity contribution < 1.29 is 14.6 Å². The van der Waals surface area contributed by atoms with E-state index < -0.39 is 5.97 Å². The molecule has 0 aromatic rings. The van der Waals surface area contributed by atoms with E-state index in [9.17, 15) is 4.79 Å². The van der Waals surface area contributed by atoms with Gasteiger partial charge >= 0.3 is 5.97 Å². The summed E-state index contributed by atoms with van der Waals surface area (Å²) in [5.74, 6) is -0.561. The van der Waals surface area contributed by atoms with E-state index in [2.05, 4.69) is 11.8 Å². The smallest absolute Gasteiger partial charge is 0.306 e. The lowest BCUT2D eigenvalue weighted by Crippen LogP contribution is -2.51. The van der Waals surface area contributed by atoms with Gasteiger partial charge in [0.05, 0.1) is 12.5 Å². The molecule has 0 spiro atoms. The Kier molecular flexibility index (Phi) is 5.77. The Morgan fingerprint density at radius 2 is 2.19 bits per heavy atom. The summed E-state index contributed by atoms with van der Waals surface area (Å²) in [7, 11) is 0. The average Bonchev–Trinajstić information content (AvgIpc) is 2.19. The maximum Gasteiger partial charge on any atom is 0.306 e. The molecule has 1 fully saturated rings. The Morgan fingerprint density at radius 3 is 2.75 bits per heavy atom. The minimum absolute atomic E-state index is 0.211. The molecule has 94 valence electrons. The maximum atomic E-state index is 10.7. The summed E-state index contributed by atoms with van der Waals surface area (Å²) < 4.78 is 5.47. The largest absolute Gasteiger partial charge is 0.481 e. The van der Waals surface area contributed by atoms with E-state index in [1.54, 1.807) is 6.92 Å². The van der Waals surface area contributed by atoms with E-state index in [4.69, 9.17) is 9.84 Å². The number of carboxylic acids is 1. The first-order valence-corrected chi connectivity index (χ1v) is 6.18. The van der Waals surface area contributed by atoms with Gasteiger partial charge in [0.2, 0.25) is 0 Å². The fourth-order valence-electron chi connectivity index (χ4n) is 1.85. The van der Waals surface area contributed by atoms with Crippen molar-refractivity contribution in [1.82, 2.24) is 4.90 Å². The molecule has 16 heavy (non-hydrogen) atoms. The highest BCUT2D eigenvalue weighted by molar-refractivity contribution is 5.70. The topological polar surface area (TPSA) is 49.8 Å². The van der Waals surface area contributed by atoms with E-state index >= 15 is 0 Å². The molecule has 1 aliphatic rings. The number of nitrogens with zero attached hydrogens (tertiary/aromatic N) is 1. The van der Waals surface area contributed by atoms with Crippen molar-refractivity contribution in [2.45, 2.75) is 26.7 Å². The van der Waals surface area contributed by atoms with Crippen LogP contribution in [0, 0.1) is 11.8 Å². The van der Waals surface area contributed by atoms with Gasteiger partial charge < -0.3 is 14.7 Å². The minimum atomic E-state index is -0.677. The van der Waals surface area contributed by atoms with Gasteiger partial charge in [-0.2, -0.15) is 0 Å². The Balaban J connectivity index is 1.97. The number of ether oxygens (including phenoxy) is 1. The second kappa shape index (κ2) is 6.86. The third-order valence-electron chi connectivity index (χ3n) is 3.28. The van der Waals surface area contributed by atoms with Gasteiger partial charge in [-0.15, -0.1) is 0 Å². The van der Waals surface area contributed by atoms with Crippen molar-refractivity contribution in [3.63, 3.8) is 0 Å². The fourth-order valence-corrected chi connectivity index (χ4v) is 1.85. The molecule has 0 amide bonds. The lowest BCUT2D eigenvalue weighted by atomic mass is 9.87. The summed E-state index contributed by atoms with van der Waals surface area (Å²) in [6.45, 7) is 8.31. The first-order valence-electron chi connectivity index (χ1n) is 6.18. The van der Waals surface area contributed by atoms with Crippen molar-refractivity contribution in [2.75, 3.05) is 32.8 Å². The van der Waals surface area contributed by atoms with Crippen LogP contribution in [-0.4, -0.2) is 48.8 Å². The summed E-state index contributed by atoms with van der Waals surface area (Å²) in [6.07, 6.45) is 2.29. The zero-order valence-corrected chi connectivity index (χ0v) is 10.3. The van der Waals surface area contributed by atoms with Gasteiger partial charge in [0.1, 0.15) is 0 Å². The van der Waals surface area contributed by atoms with Gasteiger partial charge in [0.15, 0.2) is 0 Å². The number of likely N-dealkylation sites (tertiary alicyclic amines) is 1. The van der Waals surface area contributed by atoms with Gasteiger partial charge in [0, 0.05) is 26.2 Å². The third-order valence-corrected chi connectivity index (χ3v) is 3.28. The van der Waals surface area contributed by atoms with Crippen LogP contribution in [0.4, 0.5) is 0 Å². The highest BCUT2D eigenvalue weighted by Crippen LogP contribution is 2.23. The Hall–Kier alpha value is -0.610. The lowest BCUT2D eigenvalue weighted by Gasteiger charge is -2.41. The molecule has 1 N–H and O–H groups in total. The quantitative estimate of drug-likeness (QED) is 0.640. The summed E-state index contributed by atoms with van der Waals surface area (Å²) in [4.78, 5) is 13.0. The van der Waals surface area contributed by atoms with Crippen LogP contribution in [0.3, 0.4) is 0 Å². The number of hydrogen-bond donors (Lipinski definition) is 1. The zero-order chi connectivity index (χ0) is 12.0. The van der Waals surface area contributed by atoms with Crippen LogP contribution in [0.2, 0.25) is 0 Å². The molecule has 1 aliphatic heterocycles. The molecule has 0 aromatic carbocycles. The van der Waals surface area contributed by atoms with E-state index in [0.717, 1.165) is 39.3 Å². The first kappa shape index (κ1) is 13.5. The molecule has 0 radical (unpaired) electrons. The van der Waals surface area contributed by atoms with E-state index in [0.29, 0.717) is 5.92 Å². The van der Waals surface area contributed by atoms with Crippen LogP contribution >= 0.6 is 0 Å². The second-order valence-electron chi connectivity index (χ2n) is 4.61. The Labute approximate surface area is 97.6 Å². The Bertz CT molecular complexity index is 214. The minimum Gasteiger partial charge on any atom is -0.481 e. The highest BCUT2D eigenvalue weighted by atomic mass is 16.5. The molecular weight excluding hydrogens is 206 g/mol. The monoisotopic (exact) mass is 229 g/mol. The van der Waals surface area contributed by atoms with E-state index in [1.165, 1.54) is 6.42 Å². The lowest BCUT2D eigenvalue weighted by molar-refractivity contribution is -0.145. The zero-order valence-electron chi connectivity index (χ0n) is 10.3. The summed E-state index contributed by atoms with van der Waals surface area (Å²) in [6, 6.07) is 0. The molecule has 1 heterocycles. The molecule has 1 atom stereocenters. The summed E-state index contributed by atoms with van der Waals surface area (Å²) in [5.41, 5.74) is 0. The van der Waals surface area contributed by atoms with Crippen LogP contribution in [0.15, 0.2) is 0 Å². The SMILES string of the molecule is CCCCOCCN1CC(C(C)C(=O)O)C1. The number of aliphatic carboxylic acids is 1. The molecule has 1 saturated heterocycles. The molecular formula is C12H23NO3. The van der Waals surface area contributed by atoms with E-state index in [1.807, 2.05) is 0 Å². The molecule has 1 rings (SSSR count). The van der Waals surface area contributed by atoms with Crippen molar-refractivity contribution >= 4 is 5.97 Å². The highest BCUT2D eigenvalue weighted by Gasteiger charge is 2.33. The third kappa shape index (κ3) is 4.10. The average molecular weight is 229 g/mol. The number of carbonyl (C=O) groups is 1. The van der Waals surface area contributed by atoms with Gasteiger partial charge in [-0.25, -0.2) is 0 Å². The summed E-state index contributed by atoms with van der Waals surface area (Å²) >= 11 is 0.